The van der Waals surface area contributed by atoms with Crippen molar-refractivity contribution in [3.63, 3.8) is 0 Å². The molecule has 68 valence electrons. The van der Waals surface area contributed by atoms with Crippen molar-refractivity contribution in [2.45, 2.75) is 19.1 Å². The first kappa shape index (κ1) is 10.1. The van der Waals surface area contributed by atoms with Crippen LogP contribution in [-0.4, -0.2) is 22.1 Å². The Bertz CT molecular complexity index is 247. The van der Waals surface area contributed by atoms with Crippen LogP contribution in [0.2, 0.25) is 0 Å². The molecule has 0 aliphatic rings. The predicted octanol–water partition coefficient (Wildman–Crippen LogP) is 1.38. The minimum absolute atomic E-state index is 0.276. The fourth-order valence-corrected chi connectivity index (χ4v) is 2.04. The average Bonchev–Trinajstić information content (AvgIpc) is 2.49. The van der Waals surface area contributed by atoms with Crippen molar-refractivity contribution in [2.75, 3.05) is 5.75 Å². The first-order valence-electron chi connectivity index (χ1n) is 3.67. The fourth-order valence-electron chi connectivity index (χ4n) is 0.898. The Labute approximate surface area is 81.3 Å². The highest BCUT2D eigenvalue weighted by molar-refractivity contribution is 7.80. The highest BCUT2D eigenvalue weighted by atomic mass is 32.1. The van der Waals surface area contributed by atoms with Crippen LogP contribution in [0.25, 0.3) is 0 Å². The van der Waals surface area contributed by atoms with E-state index in [-0.39, 0.29) is 5.75 Å². The van der Waals surface area contributed by atoms with E-state index in [4.69, 9.17) is 0 Å². The molecule has 1 aromatic heterocycles. The number of aliphatic hydroxyl groups is 2. The molecule has 0 aliphatic heterocycles. The molecule has 0 aliphatic carbocycles. The smallest absolute Gasteiger partial charge is 0.115 e. The molecular weight excluding hydrogens is 192 g/mol. The van der Waals surface area contributed by atoms with Gasteiger partial charge < -0.3 is 10.2 Å². The number of aryl methyl sites for hydroxylation is 1. The molecule has 1 rings (SSSR count). The van der Waals surface area contributed by atoms with Crippen LogP contribution >= 0.6 is 24.0 Å². The fraction of sp³-hybridized carbons (Fsp3) is 0.500. The average molecular weight is 204 g/mol. The Balaban J connectivity index is 2.70. The topological polar surface area (TPSA) is 40.5 Å². The molecule has 0 fully saturated rings. The van der Waals surface area contributed by atoms with E-state index in [2.05, 4.69) is 12.6 Å². The molecule has 0 aromatic carbocycles. The van der Waals surface area contributed by atoms with E-state index in [1.807, 2.05) is 18.4 Å². The third-order valence-electron chi connectivity index (χ3n) is 1.59. The normalized spacial score (nSPS) is 16.0. The Morgan fingerprint density at radius 3 is 2.67 bits per heavy atom. The summed E-state index contributed by atoms with van der Waals surface area (Å²) in [4.78, 5) is 0.800. The second kappa shape index (κ2) is 4.28. The summed E-state index contributed by atoms with van der Waals surface area (Å²) in [6.45, 7) is 1.96. The van der Waals surface area contributed by atoms with E-state index in [0.717, 1.165) is 10.4 Å². The highest BCUT2D eigenvalue weighted by Crippen LogP contribution is 2.24. The zero-order chi connectivity index (χ0) is 9.14. The summed E-state index contributed by atoms with van der Waals surface area (Å²) < 4.78 is 0. The molecule has 1 aromatic rings. The van der Waals surface area contributed by atoms with Crippen LogP contribution in [0.1, 0.15) is 16.5 Å². The van der Waals surface area contributed by atoms with Gasteiger partial charge >= 0.3 is 0 Å². The number of aliphatic hydroxyl groups excluding tert-OH is 2. The van der Waals surface area contributed by atoms with Gasteiger partial charge in [0.05, 0.1) is 6.10 Å². The Morgan fingerprint density at radius 2 is 2.25 bits per heavy atom. The van der Waals surface area contributed by atoms with Crippen LogP contribution in [0.5, 0.6) is 0 Å². The summed E-state index contributed by atoms with van der Waals surface area (Å²) in [5.74, 6) is 0.276. The van der Waals surface area contributed by atoms with Gasteiger partial charge in [0, 0.05) is 10.6 Å². The van der Waals surface area contributed by atoms with Crippen LogP contribution in [0.15, 0.2) is 11.4 Å². The largest absolute Gasteiger partial charge is 0.389 e. The number of hydrogen-bond donors (Lipinski definition) is 3. The molecule has 0 saturated carbocycles. The summed E-state index contributed by atoms with van der Waals surface area (Å²) >= 11 is 5.36. The minimum Gasteiger partial charge on any atom is -0.389 e. The molecule has 2 unspecified atom stereocenters. The third-order valence-corrected chi connectivity index (χ3v) is 3.09. The van der Waals surface area contributed by atoms with Crippen molar-refractivity contribution >= 4 is 24.0 Å². The number of thiophene rings is 1. The summed E-state index contributed by atoms with van der Waals surface area (Å²) in [7, 11) is 0. The number of rotatable bonds is 3. The maximum absolute atomic E-state index is 9.51. The van der Waals surface area contributed by atoms with Crippen molar-refractivity contribution in [1.29, 1.82) is 0 Å². The lowest BCUT2D eigenvalue weighted by molar-refractivity contribution is 0.0360. The molecule has 0 amide bonds. The van der Waals surface area contributed by atoms with Crippen LogP contribution < -0.4 is 0 Å². The zero-order valence-electron chi connectivity index (χ0n) is 6.77. The quantitative estimate of drug-likeness (QED) is 0.651. The first-order valence-corrected chi connectivity index (χ1v) is 5.18. The van der Waals surface area contributed by atoms with Gasteiger partial charge in [-0.05, 0) is 23.9 Å². The molecule has 0 saturated heterocycles. The predicted molar refractivity (Wildman–Crippen MR) is 53.9 cm³/mol. The molecule has 2 nitrogen and oxygen atoms in total. The molecule has 1 heterocycles. The Kier molecular flexibility index (Phi) is 3.58. The number of hydrogen-bond acceptors (Lipinski definition) is 4. The summed E-state index contributed by atoms with van der Waals surface area (Å²) in [5.41, 5.74) is 1.11. The van der Waals surface area contributed by atoms with Crippen molar-refractivity contribution in [3.05, 3.63) is 21.9 Å². The van der Waals surface area contributed by atoms with Crippen molar-refractivity contribution in [2.24, 2.45) is 0 Å². The van der Waals surface area contributed by atoms with Crippen molar-refractivity contribution in [1.82, 2.24) is 0 Å². The third kappa shape index (κ3) is 2.23. The molecule has 4 heteroatoms. The maximum Gasteiger partial charge on any atom is 0.115 e. The maximum atomic E-state index is 9.51. The van der Waals surface area contributed by atoms with Gasteiger partial charge in [-0.2, -0.15) is 12.6 Å². The Morgan fingerprint density at radius 1 is 1.58 bits per heavy atom. The van der Waals surface area contributed by atoms with Crippen LogP contribution in [-0.2, 0) is 0 Å². The van der Waals surface area contributed by atoms with E-state index >= 15 is 0 Å². The molecule has 0 spiro atoms. The summed E-state index contributed by atoms with van der Waals surface area (Å²) in [6.07, 6.45) is -1.56. The SMILES string of the molecule is Cc1csc(C(O)C(O)CS)c1. The van der Waals surface area contributed by atoms with Crippen LogP contribution in [0.4, 0.5) is 0 Å². The zero-order valence-corrected chi connectivity index (χ0v) is 8.48. The van der Waals surface area contributed by atoms with Crippen molar-refractivity contribution in [3.8, 4) is 0 Å². The standard InChI is InChI=1S/C8H12O2S2/c1-5-2-7(12-4-5)8(10)6(9)3-11/h2,4,6,8-11H,3H2,1H3. The van der Waals surface area contributed by atoms with Gasteiger partial charge in [-0.3, -0.25) is 0 Å². The van der Waals surface area contributed by atoms with E-state index < -0.39 is 12.2 Å². The van der Waals surface area contributed by atoms with Gasteiger partial charge in [-0.1, -0.05) is 0 Å². The van der Waals surface area contributed by atoms with Crippen LogP contribution in [0.3, 0.4) is 0 Å². The van der Waals surface area contributed by atoms with Crippen LogP contribution in [0, 0.1) is 6.92 Å². The molecule has 2 N–H and O–H groups in total. The second-order valence-corrected chi connectivity index (χ2v) is 4.03. The van der Waals surface area contributed by atoms with Crippen molar-refractivity contribution < 1.29 is 10.2 Å². The van der Waals surface area contributed by atoms with Gasteiger partial charge in [-0.25, -0.2) is 0 Å². The molecular formula is C8H12O2S2. The Hall–Kier alpha value is -0.0300. The second-order valence-electron chi connectivity index (χ2n) is 2.72. The lowest BCUT2D eigenvalue weighted by atomic mass is 10.2. The number of thiol groups is 1. The van der Waals surface area contributed by atoms with E-state index in [1.165, 1.54) is 11.3 Å². The van der Waals surface area contributed by atoms with E-state index in [0.29, 0.717) is 0 Å². The van der Waals surface area contributed by atoms with Gasteiger partial charge in [0.2, 0.25) is 0 Å². The first-order chi connectivity index (χ1) is 5.65. The lowest BCUT2D eigenvalue weighted by Gasteiger charge is -2.13. The molecule has 2 atom stereocenters. The summed E-state index contributed by atoms with van der Waals surface area (Å²) in [6, 6.07) is 1.88. The highest BCUT2D eigenvalue weighted by Gasteiger charge is 2.17. The van der Waals surface area contributed by atoms with Gasteiger partial charge in [0.25, 0.3) is 0 Å². The van der Waals surface area contributed by atoms with Gasteiger partial charge in [0.1, 0.15) is 6.10 Å². The van der Waals surface area contributed by atoms with E-state index in [1.54, 1.807) is 0 Å². The molecule has 0 bridgehead atoms. The summed E-state index contributed by atoms with van der Waals surface area (Å²) in [5, 5.41) is 20.7. The van der Waals surface area contributed by atoms with E-state index in [9.17, 15) is 10.2 Å². The minimum atomic E-state index is -0.791. The molecule has 0 radical (unpaired) electrons. The molecule has 12 heavy (non-hydrogen) atoms. The monoisotopic (exact) mass is 204 g/mol. The van der Waals surface area contributed by atoms with Gasteiger partial charge in [0.15, 0.2) is 0 Å². The van der Waals surface area contributed by atoms with Gasteiger partial charge in [-0.15, -0.1) is 11.3 Å². The lowest BCUT2D eigenvalue weighted by Crippen LogP contribution is -2.18.